The molecule has 0 heterocycles. The van der Waals surface area contributed by atoms with Crippen molar-refractivity contribution in [3.8, 4) is 0 Å². The number of carboxylic acids is 1. The van der Waals surface area contributed by atoms with Crippen molar-refractivity contribution >= 4 is 18.1 Å². The Balaban J connectivity index is 0. The summed E-state index contributed by atoms with van der Waals surface area (Å²) in [5.41, 5.74) is 0.331. The highest BCUT2D eigenvalue weighted by atomic mass is 16.4. The number of isocyanates is 2. The molecule has 78 valence electrons. The quantitative estimate of drug-likeness (QED) is 0.474. The highest BCUT2D eigenvalue weighted by Gasteiger charge is 1.96. The Morgan fingerprint density at radius 3 is 1.60 bits per heavy atom. The Morgan fingerprint density at radius 1 is 1.07 bits per heavy atom. The standard InChI is InChI=1S/C7H6O2.2CHNO/c8-7(9)6-4-2-1-3-5-6;2*2-1-3/h1-5H,(H,8,9);2*2H. The van der Waals surface area contributed by atoms with E-state index in [2.05, 4.69) is 0 Å². The number of carbonyl (C=O) groups excluding carboxylic acids is 2. The molecule has 0 atom stereocenters. The van der Waals surface area contributed by atoms with Crippen LogP contribution in [0.1, 0.15) is 10.4 Å². The Kier molecular flexibility index (Phi) is 11.4. The van der Waals surface area contributed by atoms with Crippen molar-refractivity contribution in [3.63, 3.8) is 0 Å². The molecule has 0 aliphatic carbocycles. The van der Waals surface area contributed by atoms with E-state index in [4.69, 9.17) is 25.5 Å². The van der Waals surface area contributed by atoms with E-state index < -0.39 is 5.97 Å². The Morgan fingerprint density at radius 2 is 1.40 bits per heavy atom. The van der Waals surface area contributed by atoms with Crippen LogP contribution >= 0.6 is 0 Å². The third-order valence-corrected chi connectivity index (χ3v) is 1.02. The van der Waals surface area contributed by atoms with E-state index in [9.17, 15) is 4.79 Å². The van der Waals surface area contributed by atoms with Gasteiger partial charge in [0.05, 0.1) is 5.56 Å². The third kappa shape index (κ3) is 11.5. The topological polar surface area (TPSA) is 119 Å². The second-order valence-corrected chi connectivity index (χ2v) is 1.88. The number of rotatable bonds is 1. The van der Waals surface area contributed by atoms with Crippen molar-refractivity contribution in [3.05, 3.63) is 35.9 Å². The van der Waals surface area contributed by atoms with Crippen LogP contribution in [0.3, 0.4) is 0 Å². The lowest BCUT2D eigenvalue weighted by molar-refractivity contribution is 0.0697. The molecule has 0 aromatic heterocycles. The fraction of sp³-hybridized carbons (Fsp3) is 0. The van der Waals surface area contributed by atoms with Gasteiger partial charge in [-0.25, -0.2) is 25.2 Å². The predicted octanol–water partition coefficient (Wildman–Crippen LogP) is 1.19. The minimum absolute atomic E-state index is 0.331. The third-order valence-electron chi connectivity index (χ3n) is 1.02. The van der Waals surface area contributed by atoms with Crippen LogP contribution in [-0.2, 0) is 9.59 Å². The molecule has 1 aromatic carbocycles. The monoisotopic (exact) mass is 208 g/mol. The van der Waals surface area contributed by atoms with Crippen LogP contribution in [0.4, 0.5) is 0 Å². The minimum Gasteiger partial charge on any atom is -0.478 e. The molecule has 0 bridgehead atoms. The summed E-state index contributed by atoms with van der Waals surface area (Å²) in [6, 6.07) is 8.30. The van der Waals surface area contributed by atoms with Gasteiger partial charge in [-0.2, -0.15) is 0 Å². The lowest BCUT2D eigenvalue weighted by atomic mass is 10.2. The highest BCUT2D eigenvalue weighted by Crippen LogP contribution is 1.96. The summed E-state index contributed by atoms with van der Waals surface area (Å²) in [5, 5.41) is 19.2. The smallest absolute Gasteiger partial charge is 0.335 e. The molecular formula is C9H8N2O4. The molecule has 0 saturated carbocycles. The van der Waals surface area contributed by atoms with E-state index in [1.165, 1.54) is 0 Å². The molecule has 6 nitrogen and oxygen atoms in total. The second kappa shape index (κ2) is 11.4. The van der Waals surface area contributed by atoms with Gasteiger partial charge in [-0.3, -0.25) is 0 Å². The van der Waals surface area contributed by atoms with E-state index in [1.807, 2.05) is 0 Å². The molecule has 0 aliphatic rings. The molecule has 0 aliphatic heterocycles. The van der Waals surface area contributed by atoms with Gasteiger partial charge in [-0.15, -0.1) is 0 Å². The number of carboxylic acid groups (broad SMARTS) is 1. The van der Waals surface area contributed by atoms with Crippen molar-refractivity contribution in [1.82, 2.24) is 0 Å². The van der Waals surface area contributed by atoms with E-state index >= 15 is 0 Å². The molecule has 1 aromatic rings. The predicted molar refractivity (Wildman–Crippen MR) is 50.2 cm³/mol. The van der Waals surface area contributed by atoms with Gasteiger partial charge < -0.3 is 5.11 Å². The fourth-order valence-electron chi connectivity index (χ4n) is 0.581. The van der Waals surface area contributed by atoms with Crippen molar-refractivity contribution in [2.45, 2.75) is 0 Å². The van der Waals surface area contributed by atoms with E-state index in [-0.39, 0.29) is 0 Å². The fourth-order valence-corrected chi connectivity index (χ4v) is 0.581. The number of benzene rings is 1. The molecule has 0 radical (unpaired) electrons. The first kappa shape index (κ1) is 14.9. The van der Waals surface area contributed by atoms with Gasteiger partial charge in [0.2, 0.25) is 12.2 Å². The highest BCUT2D eigenvalue weighted by molar-refractivity contribution is 5.87. The first-order chi connectivity index (χ1) is 7.13. The molecule has 3 N–H and O–H groups in total. The summed E-state index contributed by atoms with van der Waals surface area (Å²) >= 11 is 0. The molecule has 6 heteroatoms. The number of carbonyl (C=O) groups is 1. The van der Waals surface area contributed by atoms with Crippen LogP contribution in [-0.4, -0.2) is 23.2 Å². The van der Waals surface area contributed by atoms with Crippen LogP contribution < -0.4 is 0 Å². The molecule has 0 saturated heterocycles. The lowest BCUT2D eigenvalue weighted by Gasteiger charge is -1.88. The first-order valence-electron chi connectivity index (χ1n) is 3.50. The molecule has 0 spiro atoms. The maximum Gasteiger partial charge on any atom is 0.335 e. The summed E-state index contributed by atoms with van der Waals surface area (Å²) < 4.78 is 0. The van der Waals surface area contributed by atoms with E-state index in [0.717, 1.165) is 12.2 Å². The van der Waals surface area contributed by atoms with Crippen LogP contribution in [0.25, 0.3) is 0 Å². The Bertz CT molecular complexity index is 338. The van der Waals surface area contributed by atoms with Gasteiger partial charge >= 0.3 is 5.97 Å². The average Bonchev–Trinajstić information content (AvgIpc) is 2.21. The molecule has 15 heavy (non-hydrogen) atoms. The average molecular weight is 208 g/mol. The largest absolute Gasteiger partial charge is 0.478 e. The second-order valence-electron chi connectivity index (χ2n) is 1.88. The van der Waals surface area contributed by atoms with Crippen LogP contribution in [0.5, 0.6) is 0 Å². The number of hydrogen-bond donors (Lipinski definition) is 3. The van der Waals surface area contributed by atoms with Gasteiger partial charge in [0.15, 0.2) is 0 Å². The normalized spacial score (nSPS) is 6.40. The lowest BCUT2D eigenvalue weighted by Crippen LogP contribution is -1.93. The Hall–Kier alpha value is -2.55. The summed E-state index contributed by atoms with van der Waals surface area (Å²) in [5.74, 6) is -0.879. The van der Waals surface area contributed by atoms with Crippen LogP contribution in [0.15, 0.2) is 30.3 Å². The van der Waals surface area contributed by atoms with Gasteiger partial charge in [-0.05, 0) is 12.1 Å². The maximum absolute atomic E-state index is 10.2. The minimum atomic E-state index is -0.879. The summed E-state index contributed by atoms with van der Waals surface area (Å²) in [6.07, 6.45) is 1.50. The van der Waals surface area contributed by atoms with E-state index in [0.29, 0.717) is 5.56 Å². The summed E-state index contributed by atoms with van der Waals surface area (Å²) in [4.78, 5) is 26.9. The van der Waals surface area contributed by atoms with Gasteiger partial charge in [-0.1, -0.05) is 18.2 Å². The van der Waals surface area contributed by atoms with E-state index in [1.54, 1.807) is 30.3 Å². The number of hydrogen-bond acceptors (Lipinski definition) is 5. The first-order valence-corrected chi connectivity index (χ1v) is 3.50. The summed E-state index contributed by atoms with van der Waals surface area (Å²) in [6.45, 7) is 0. The van der Waals surface area contributed by atoms with Gasteiger partial charge in [0.1, 0.15) is 0 Å². The number of nitrogens with one attached hydrogen (secondary N) is 2. The molecule has 0 unspecified atom stereocenters. The molecule has 0 amide bonds. The SMILES string of the molecule is N=C=O.N=C=O.O=C(O)c1ccccc1. The number of aromatic carboxylic acids is 1. The molecular weight excluding hydrogens is 200 g/mol. The van der Waals surface area contributed by atoms with Crippen molar-refractivity contribution in [1.29, 1.82) is 10.8 Å². The molecule has 0 fully saturated rings. The van der Waals surface area contributed by atoms with Crippen LogP contribution in [0, 0.1) is 10.8 Å². The maximum atomic E-state index is 10.2. The van der Waals surface area contributed by atoms with Crippen LogP contribution in [0.2, 0.25) is 0 Å². The zero-order valence-corrected chi connectivity index (χ0v) is 7.56. The molecule has 1 rings (SSSR count). The summed E-state index contributed by atoms with van der Waals surface area (Å²) in [7, 11) is 0. The van der Waals surface area contributed by atoms with Crippen molar-refractivity contribution in [2.24, 2.45) is 0 Å². The zero-order valence-electron chi connectivity index (χ0n) is 7.56. The van der Waals surface area contributed by atoms with Gasteiger partial charge in [0, 0.05) is 0 Å². The zero-order chi connectivity index (χ0) is 12.1. The Labute approximate surface area is 85.2 Å². The van der Waals surface area contributed by atoms with Crippen molar-refractivity contribution in [2.75, 3.05) is 0 Å². The van der Waals surface area contributed by atoms with Gasteiger partial charge in [0.25, 0.3) is 0 Å². The van der Waals surface area contributed by atoms with Crippen molar-refractivity contribution < 1.29 is 19.5 Å².